The Morgan fingerprint density at radius 2 is 1.57 bits per heavy atom. The Balaban J connectivity index is 2.07. The lowest BCUT2D eigenvalue weighted by molar-refractivity contribution is 0.0426. The van der Waals surface area contributed by atoms with Crippen LogP contribution in [0.5, 0.6) is 0 Å². The number of ether oxygens (including phenoxy) is 3. The minimum atomic E-state index is -3.15. The van der Waals surface area contributed by atoms with E-state index in [9.17, 15) is 18.4 Å². The van der Waals surface area contributed by atoms with Crippen LogP contribution in [0.1, 0.15) is 53.7 Å². The number of rotatable bonds is 4. The molecule has 2 amide bonds. The van der Waals surface area contributed by atoms with Crippen LogP contribution in [0.25, 0.3) is 11.4 Å². The van der Waals surface area contributed by atoms with Crippen molar-refractivity contribution in [3.8, 4) is 11.4 Å². The second kappa shape index (κ2) is 11.0. The number of carbonyl (C=O) groups excluding carboxylic acids is 2. The summed E-state index contributed by atoms with van der Waals surface area (Å²) >= 11 is 6.06. The Morgan fingerprint density at radius 1 is 1.00 bits per heavy atom. The van der Waals surface area contributed by atoms with Gasteiger partial charge in [0, 0.05) is 19.3 Å². The van der Waals surface area contributed by atoms with Crippen LogP contribution < -0.4 is 9.80 Å². The number of hydrogen-bond donors (Lipinski definition) is 0. The van der Waals surface area contributed by atoms with Gasteiger partial charge >= 0.3 is 12.2 Å². The van der Waals surface area contributed by atoms with E-state index >= 15 is 0 Å². The van der Waals surface area contributed by atoms with E-state index in [0.29, 0.717) is 31.2 Å². The van der Waals surface area contributed by atoms with Crippen LogP contribution >= 0.6 is 11.6 Å². The monoisotopic (exact) mass is 543 g/mol. The Hall–Kier alpha value is -3.26. The number of amides is 2. The zero-order valence-corrected chi connectivity index (χ0v) is 22.0. The van der Waals surface area contributed by atoms with E-state index in [1.807, 2.05) is 0 Å². The molecule has 15 heteroatoms. The summed E-state index contributed by atoms with van der Waals surface area (Å²) in [7, 11) is 0. The molecule has 0 N–H and O–H groups in total. The highest BCUT2D eigenvalue weighted by atomic mass is 35.5. The molecule has 1 saturated heterocycles. The van der Waals surface area contributed by atoms with Crippen LogP contribution in [-0.4, -0.2) is 74.6 Å². The maximum atomic E-state index is 14.2. The molecular weight excluding hydrogens is 516 g/mol. The summed E-state index contributed by atoms with van der Waals surface area (Å²) in [5.41, 5.74) is -3.12. The highest BCUT2D eigenvalue weighted by molar-refractivity contribution is 6.28. The summed E-state index contributed by atoms with van der Waals surface area (Å²) in [4.78, 5) is 47.9. The number of imide groups is 1. The quantitative estimate of drug-likeness (QED) is 0.542. The first-order chi connectivity index (χ1) is 17.1. The summed E-state index contributed by atoms with van der Waals surface area (Å²) in [6.45, 7) is 11.2. The van der Waals surface area contributed by atoms with Crippen molar-refractivity contribution in [2.24, 2.45) is 0 Å². The Kier molecular flexibility index (Phi) is 8.42. The number of nitrogens with zero attached hydrogens (tertiary/aromatic N) is 7. The van der Waals surface area contributed by atoms with Gasteiger partial charge in [-0.2, -0.15) is 15.0 Å². The Bertz CT molecular complexity index is 1120. The molecule has 0 saturated carbocycles. The summed E-state index contributed by atoms with van der Waals surface area (Å²) in [6, 6.07) is 0. The van der Waals surface area contributed by atoms with Crippen molar-refractivity contribution in [2.75, 3.05) is 36.1 Å². The lowest BCUT2D eigenvalue weighted by atomic mass is 10.2. The fourth-order valence-electron chi connectivity index (χ4n) is 3.05. The average molecular weight is 544 g/mol. The van der Waals surface area contributed by atoms with E-state index in [2.05, 4.69) is 24.9 Å². The second-order valence-corrected chi connectivity index (χ2v) is 10.2. The minimum absolute atomic E-state index is 0.173. The van der Waals surface area contributed by atoms with E-state index in [-0.39, 0.29) is 22.6 Å². The first-order valence-corrected chi connectivity index (χ1v) is 11.7. The molecule has 1 aliphatic rings. The number of anilines is 2. The number of alkyl halides is 2. The average Bonchev–Trinajstić information content (AvgIpc) is 2.77. The van der Waals surface area contributed by atoms with Crippen molar-refractivity contribution < 1.29 is 32.6 Å². The van der Waals surface area contributed by atoms with Gasteiger partial charge in [0.05, 0.1) is 18.8 Å². The molecule has 3 rings (SSSR count). The number of hydrogen-bond acceptors (Lipinski definition) is 11. The van der Waals surface area contributed by atoms with Crippen molar-refractivity contribution >= 4 is 35.7 Å². The molecule has 0 radical (unpaired) electrons. The molecule has 0 bridgehead atoms. The molecule has 0 unspecified atom stereocenters. The molecule has 0 atom stereocenters. The van der Waals surface area contributed by atoms with Crippen LogP contribution in [0, 0.1) is 0 Å². The SMILES string of the molecule is CC(C)(C)OC(=O)N(C(=O)OC(C)(C)C)c1ncc(-c2nc(Cl)nc(N3CCOCC3)n2)c(C(F)F)n1. The third kappa shape index (κ3) is 7.61. The molecule has 12 nitrogen and oxygen atoms in total. The highest BCUT2D eigenvalue weighted by Crippen LogP contribution is 2.31. The van der Waals surface area contributed by atoms with Crippen molar-refractivity contribution in [2.45, 2.75) is 59.2 Å². The molecule has 202 valence electrons. The molecule has 0 aliphatic carbocycles. The molecule has 1 aliphatic heterocycles. The van der Waals surface area contributed by atoms with Gasteiger partial charge in [-0.3, -0.25) is 0 Å². The zero-order valence-electron chi connectivity index (χ0n) is 21.3. The second-order valence-electron chi connectivity index (χ2n) is 9.89. The maximum absolute atomic E-state index is 14.2. The molecule has 1 fully saturated rings. The summed E-state index contributed by atoms with van der Waals surface area (Å²) < 4.78 is 44.2. The van der Waals surface area contributed by atoms with Gasteiger partial charge in [0.1, 0.15) is 16.9 Å². The van der Waals surface area contributed by atoms with E-state index in [1.54, 1.807) is 46.4 Å². The fraction of sp³-hybridized carbons (Fsp3) is 0.591. The smallest absolute Gasteiger partial charge is 0.427 e. The third-order valence-electron chi connectivity index (χ3n) is 4.50. The first kappa shape index (κ1) is 28.3. The Labute approximate surface area is 217 Å². The van der Waals surface area contributed by atoms with Crippen LogP contribution in [-0.2, 0) is 14.2 Å². The van der Waals surface area contributed by atoms with Gasteiger partial charge in [-0.1, -0.05) is 0 Å². The molecule has 3 heterocycles. The van der Waals surface area contributed by atoms with Gasteiger partial charge in [0.15, 0.2) is 5.82 Å². The largest absolute Gasteiger partial charge is 0.443 e. The van der Waals surface area contributed by atoms with Crippen molar-refractivity contribution in [1.29, 1.82) is 0 Å². The first-order valence-electron chi connectivity index (χ1n) is 11.3. The standard InChI is InChI=1S/C22H28ClF2N7O5/c1-21(2,3)36-19(33)32(20(34)37-22(4,5)6)17-26-11-12(13(27-17)14(24)25)15-28-16(23)30-18(29-15)31-7-9-35-10-8-31/h11,14H,7-10H2,1-6H3. The lowest BCUT2D eigenvalue weighted by Crippen LogP contribution is -2.44. The summed E-state index contributed by atoms with van der Waals surface area (Å²) in [5.74, 6) is -0.702. The predicted octanol–water partition coefficient (Wildman–Crippen LogP) is 4.43. The third-order valence-corrected chi connectivity index (χ3v) is 4.66. The van der Waals surface area contributed by atoms with E-state index in [4.69, 9.17) is 25.8 Å². The van der Waals surface area contributed by atoms with Gasteiger partial charge in [-0.05, 0) is 53.1 Å². The predicted molar refractivity (Wildman–Crippen MR) is 129 cm³/mol. The molecule has 0 spiro atoms. The normalized spacial score (nSPS) is 14.5. The number of halogens is 3. The zero-order chi connectivity index (χ0) is 27.5. The molecule has 2 aromatic heterocycles. The molecule has 0 aromatic carbocycles. The summed E-state index contributed by atoms with van der Waals surface area (Å²) in [5, 5.41) is -0.222. The molecule has 2 aromatic rings. The van der Waals surface area contributed by atoms with E-state index in [0.717, 1.165) is 6.20 Å². The van der Waals surface area contributed by atoms with Crippen LogP contribution in [0.2, 0.25) is 5.28 Å². The van der Waals surface area contributed by atoms with Crippen molar-refractivity contribution in [3.05, 3.63) is 17.2 Å². The van der Waals surface area contributed by atoms with Crippen LogP contribution in [0.15, 0.2) is 6.20 Å². The van der Waals surface area contributed by atoms with E-state index in [1.165, 1.54) is 0 Å². The minimum Gasteiger partial charge on any atom is -0.443 e. The van der Waals surface area contributed by atoms with Crippen molar-refractivity contribution in [1.82, 2.24) is 24.9 Å². The lowest BCUT2D eigenvalue weighted by Gasteiger charge is -2.28. The van der Waals surface area contributed by atoms with Gasteiger partial charge in [0.2, 0.25) is 17.2 Å². The fourth-order valence-corrected chi connectivity index (χ4v) is 3.21. The van der Waals surface area contributed by atoms with E-state index < -0.39 is 41.5 Å². The van der Waals surface area contributed by atoms with Crippen LogP contribution in [0.4, 0.5) is 30.3 Å². The van der Waals surface area contributed by atoms with Crippen molar-refractivity contribution in [3.63, 3.8) is 0 Å². The van der Waals surface area contributed by atoms with Crippen LogP contribution in [0.3, 0.4) is 0 Å². The van der Waals surface area contributed by atoms with Gasteiger partial charge in [0.25, 0.3) is 6.43 Å². The van der Waals surface area contributed by atoms with Gasteiger partial charge < -0.3 is 19.1 Å². The number of carbonyl (C=O) groups is 2. The molecular formula is C22H28ClF2N7O5. The molecule has 37 heavy (non-hydrogen) atoms. The number of aromatic nitrogens is 5. The van der Waals surface area contributed by atoms with Gasteiger partial charge in [-0.25, -0.2) is 28.3 Å². The maximum Gasteiger partial charge on any atom is 0.427 e. The topological polar surface area (TPSA) is 133 Å². The van der Waals surface area contributed by atoms with Gasteiger partial charge in [-0.15, -0.1) is 4.90 Å². The number of morpholine rings is 1. The Morgan fingerprint density at radius 3 is 2.08 bits per heavy atom. The highest BCUT2D eigenvalue weighted by Gasteiger charge is 2.36. The summed E-state index contributed by atoms with van der Waals surface area (Å²) in [6.07, 6.45) is -4.58.